The molecule has 0 bridgehead atoms. The SMILES string of the molecule is CC(CN)C(=O)NC1COc2ccc(Cl)cc21. The number of amides is 1. The van der Waals surface area contributed by atoms with Gasteiger partial charge in [-0.25, -0.2) is 0 Å². The molecule has 17 heavy (non-hydrogen) atoms. The number of hydrogen-bond acceptors (Lipinski definition) is 3. The molecule has 0 radical (unpaired) electrons. The van der Waals surface area contributed by atoms with Gasteiger partial charge in [-0.1, -0.05) is 18.5 Å². The number of carbonyl (C=O) groups is 1. The summed E-state index contributed by atoms with van der Waals surface area (Å²) in [6.45, 7) is 2.57. The largest absolute Gasteiger partial charge is 0.491 e. The van der Waals surface area contributed by atoms with E-state index >= 15 is 0 Å². The summed E-state index contributed by atoms with van der Waals surface area (Å²) < 4.78 is 5.48. The molecule has 4 nitrogen and oxygen atoms in total. The first kappa shape index (κ1) is 12.2. The second-order valence-electron chi connectivity index (χ2n) is 4.19. The first-order chi connectivity index (χ1) is 8.11. The van der Waals surface area contributed by atoms with Crippen molar-refractivity contribution < 1.29 is 9.53 Å². The normalized spacial score (nSPS) is 19.4. The van der Waals surface area contributed by atoms with Gasteiger partial charge in [-0.05, 0) is 18.2 Å². The molecule has 0 saturated carbocycles. The zero-order valence-electron chi connectivity index (χ0n) is 9.57. The van der Waals surface area contributed by atoms with Crippen molar-refractivity contribution in [3.8, 4) is 5.75 Å². The fourth-order valence-corrected chi connectivity index (χ4v) is 1.91. The molecule has 92 valence electrons. The van der Waals surface area contributed by atoms with Crippen molar-refractivity contribution in [1.82, 2.24) is 5.32 Å². The van der Waals surface area contributed by atoms with Gasteiger partial charge in [0.15, 0.2) is 0 Å². The highest BCUT2D eigenvalue weighted by Gasteiger charge is 2.26. The minimum atomic E-state index is -0.196. The number of halogens is 1. The van der Waals surface area contributed by atoms with Gasteiger partial charge >= 0.3 is 0 Å². The van der Waals surface area contributed by atoms with E-state index < -0.39 is 0 Å². The van der Waals surface area contributed by atoms with Gasteiger partial charge in [-0.15, -0.1) is 0 Å². The maximum atomic E-state index is 11.7. The first-order valence-corrected chi connectivity index (χ1v) is 5.92. The lowest BCUT2D eigenvalue weighted by Crippen LogP contribution is -2.36. The Hall–Kier alpha value is -1.26. The molecule has 5 heteroatoms. The topological polar surface area (TPSA) is 64.4 Å². The zero-order valence-corrected chi connectivity index (χ0v) is 10.3. The Morgan fingerprint density at radius 1 is 1.71 bits per heavy atom. The van der Waals surface area contributed by atoms with Gasteiger partial charge < -0.3 is 15.8 Å². The summed E-state index contributed by atoms with van der Waals surface area (Å²) >= 11 is 5.93. The lowest BCUT2D eigenvalue weighted by atomic mass is 10.1. The summed E-state index contributed by atoms with van der Waals surface area (Å²) in [7, 11) is 0. The summed E-state index contributed by atoms with van der Waals surface area (Å²) in [5.74, 6) is 0.521. The monoisotopic (exact) mass is 254 g/mol. The number of nitrogens with one attached hydrogen (secondary N) is 1. The predicted molar refractivity (Wildman–Crippen MR) is 66.0 cm³/mol. The highest BCUT2D eigenvalue weighted by atomic mass is 35.5. The number of fused-ring (bicyclic) bond motifs is 1. The van der Waals surface area contributed by atoms with Crippen molar-refractivity contribution in [3.05, 3.63) is 28.8 Å². The number of ether oxygens (including phenoxy) is 1. The molecule has 0 saturated heterocycles. The molecule has 0 fully saturated rings. The molecule has 3 N–H and O–H groups in total. The molecule has 1 aromatic carbocycles. The van der Waals surface area contributed by atoms with Crippen molar-refractivity contribution in [2.45, 2.75) is 13.0 Å². The second kappa shape index (κ2) is 4.94. The van der Waals surface area contributed by atoms with Gasteiger partial charge in [-0.3, -0.25) is 4.79 Å². The minimum absolute atomic E-state index is 0.0612. The maximum absolute atomic E-state index is 11.7. The quantitative estimate of drug-likeness (QED) is 0.859. The van der Waals surface area contributed by atoms with Crippen molar-refractivity contribution in [2.24, 2.45) is 11.7 Å². The fraction of sp³-hybridized carbons (Fsp3) is 0.417. The lowest BCUT2D eigenvalue weighted by Gasteiger charge is -2.15. The molecule has 1 heterocycles. The summed E-state index contributed by atoms with van der Waals surface area (Å²) in [4.78, 5) is 11.7. The Labute approximate surface area is 105 Å². The van der Waals surface area contributed by atoms with Crippen LogP contribution in [-0.4, -0.2) is 19.1 Å². The smallest absolute Gasteiger partial charge is 0.224 e. The molecule has 2 rings (SSSR count). The van der Waals surface area contributed by atoms with Crippen LogP contribution in [0.1, 0.15) is 18.5 Å². The number of hydrogen-bond donors (Lipinski definition) is 2. The molecule has 2 unspecified atom stereocenters. The van der Waals surface area contributed by atoms with E-state index in [4.69, 9.17) is 22.1 Å². The van der Waals surface area contributed by atoms with Gasteiger partial charge in [0.2, 0.25) is 5.91 Å². The van der Waals surface area contributed by atoms with Crippen LogP contribution in [0.2, 0.25) is 5.02 Å². The zero-order chi connectivity index (χ0) is 12.4. The van der Waals surface area contributed by atoms with E-state index in [2.05, 4.69) is 5.32 Å². The average Bonchev–Trinajstić information content (AvgIpc) is 2.71. The molecule has 1 aromatic rings. The standard InChI is InChI=1S/C12H15ClN2O2/c1-7(5-14)12(16)15-10-6-17-11-3-2-8(13)4-9(10)11/h2-4,7,10H,5-6,14H2,1H3,(H,15,16). The van der Waals surface area contributed by atoms with Crippen LogP contribution < -0.4 is 15.8 Å². The average molecular weight is 255 g/mol. The van der Waals surface area contributed by atoms with Gasteiger partial charge in [-0.2, -0.15) is 0 Å². The molecule has 0 spiro atoms. The third-order valence-electron chi connectivity index (χ3n) is 2.87. The van der Waals surface area contributed by atoms with Crippen molar-refractivity contribution in [3.63, 3.8) is 0 Å². The van der Waals surface area contributed by atoms with E-state index in [0.29, 0.717) is 18.2 Å². The van der Waals surface area contributed by atoms with Crippen molar-refractivity contribution >= 4 is 17.5 Å². The number of benzene rings is 1. The van der Waals surface area contributed by atoms with E-state index in [9.17, 15) is 4.79 Å². The number of carbonyl (C=O) groups excluding carboxylic acids is 1. The Bertz CT molecular complexity index is 437. The van der Waals surface area contributed by atoms with E-state index in [1.807, 2.05) is 12.1 Å². The third-order valence-corrected chi connectivity index (χ3v) is 3.11. The van der Waals surface area contributed by atoms with E-state index in [-0.39, 0.29) is 17.9 Å². The van der Waals surface area contributed by atoms with E-state index in [1.165, 1.54) is 0 Å². The summed E-state index contributed by atoms with van der Waals surface area (Å²) in [5.41, 5.74) is 6.38. The molecule has 1 amide bonds. The Kier molecular flexibility index (Phi) is 3.54. The van der Waals surface area contributed by atoms with Crippen LogP contribution >= 0.6 is 11.6 Å². The van der Waals surface area contributed by atoms with Crippen LogP contribution in [0.4, 0.5) is 0 Å². The Morgan fingerprint density at radius 3 is 3.18 bits per heavy atom. The second-order valence-corrected chi connectivity index (χ2v) is 4.63. The summed E-state index contributed by atoms with van der Waals surface area (Å²) in [6, 6.07) is 5.27. The molecule has 2 atom stereocenters. The molecular formula is C12H15ClN2O2. The van der Waals surface area contributed by atoms with Gasteiger partial charge in [0.1, 0.15) is 12.4 Å². The van der Waals surface area contributed by atoms with Crippen LogP contribution in [0.5, 0.6) is 5.75 Å². The molecule has 0 aliphatic carbocycles. The fourth-order valence-electron chi connectivity index (χ4n) is 1.73. The van der Waals surface area contributed by atoms with Crippen LogP contribution in [0.3, 0.4) is 0 Å². The predicted octanol–water partition coefficient (Wildman–Crippen LogP) is 1.48. The summed E-state index contributed by atoms with van der Waals surface area (Å²) in [6.07, 6.45) is 0. The van der Waals surface area contributed by atoms with Crippen molar-refractivity contribution in [1.29, 1.82) is 0 Å². The molecule has 0 aromatic heterocycles. The maximum Gasteiger partial charge on any atom is 0.224 e. The van der Waals surface area contributed by atoms with Crippen LogP contribution in [0.25, 0.3) is 0 Å². The van der Waals surface area contributed by atoms with Crippen LogP contribution in [0.15, 0.2) is 18.2 Å². The Morgan fingerprint density at radius 2 is 2.47 bits per heavy atom. The molecular weight excluding hydrogens is 240 g/mol. The minimum Gasteiger partial charge on any atom is -0.491 e. The van der Waals surface area contributed by atoms with Crippen molar-refractivity contribution in [2.75, 3.05) is 13.2 Å². The van der Waals surface area contributed by atoms with E-state index in [0.717, 1.165) is 11.3 Å². The van der Waals surface area contributed by atoms with Gasteiger partial charge in [0.25, 0.3) is 0 Å². The first-order valence-electron chi connectivity index (χ1n) is 5.54. The number of nitrogens with two attached hydrogens (primary N) is 1. The van der Waals surface area contributed by atoms with Crippen LogP contribution in [0, 0.1) is 5.92 Å². The third kappa shape index (κ3) is 2.53. The van der Waals surface area contributed by atoms with Gasteiger partial charge in [0, 0.05) is 23.0 Å². The molecule has 1 aliphatic rings. The molecule has 1 aliphatic heterocycles. The summed E-state index contributed by atoms with van der Waals surface area (Å²) in [5, 5.41) is 3.55. The lowest BCUT2D eigenvalue weighted by molar-refractivity contribution is -0.125. The number of rotatable bonds is 3. The van der Waals surface area contributed by atoms with Crippen LogP contribution in [-0.2, 0) is 4.79 Å². The van der Waals surface area contributed by atoms with Gasteiger partial charge in [0.05, 0.1) is 6.04 Å². The highest BCUT2D eigenvalue weighted by Crippen LogP contribution is 2.34. The Balaban J connectivity index is 2.11. The highest BCUT2D eigenvalue weighted by molar-refractivity contribution is 6.30. The van der Waals surface area contributed by atoms with E-state index in [1.54, 1.807) is 13.0 Å².